The van der Waals surface area contributed by atoms with Gasteiger partial charge in [0.2, 0.25) is 0 Å². The van der Waals surface area contributed by atoms with Gasteiger partial charge in [-0.15, -0.1) is 0 Å². The third kappa shape index (κ3) is 2.48. The van der Waals surface area contributed by atoms with E-state index in [1.54, 1.807) is 19.2 Å². The third-order valence-corrected chi connectivity index (χ3v) is 3.46. The number of methoxy groups -OCH3 is 1. The van der Waals surface area contributed by atoms with Crippen LogP contribution in [0.15, 0.2) is 16.5 Å². The fourth-order valence-corrected chi connectivity index (χ4v) is 2.48. The summed E-state index contributed by atoms with van der Waals surface area (Å²) >= 11 is 6.04. The van der Waals surface area contributed by atoms with Crippen molar-refractivity contribution >= 4 is 28.7 Å². The van der Waals surface area contributed by atoms with Gasteiger partial charge in [-0.05, 0) is 19.0 Å². The van der Waals surface area contributed by atoms with Gasteiger partial charge in [0.05, 0.1) is 7.11 Å². The van der Waals surface area contributed by atoms with E-state index in [0.717, 1.165) is 38.1 Å². The molecule has 1 N–H and O–H groups in total. The number of nitrogens with zero attached hydrogens (tertiary/aromatic N) is 2. The van der Waals surface area contributed by atoms with E-state index in [1.165, 1.54) is 0 Å². The summed E-state index contributed by atoms with van der Waals surface area (Å²) in [6.07, 6.45) is 1.08. The monoisotopic (exact) mass is 281 g/mol. The number of hydrogen-bond donors (Lipinski definition) is 1. The quantitative estimate of drug-likeness (QED) is 0.915. The predicted octanol–water partition coefficient (Wildman–Crippen LogP) is 2.29. The minimum absolute atomic E-state index is 0.599. The molecule has 0 bridgehead atoms. The van der Waals surface area contributed by atoms with E-state index in [0.29, 0.717) is 22.4 Å². The standard InChI is InChI=1S/C13H16ClN3O2/c1-18-11-8-9(14)7-10-12(11)19-13(16-10)17-5-2-3-15-4-6-17/h7-8,15H,2-6H2,1H3. The number of anilines is 1. The Hall–Kier alpha value is -1.46. The molecule has 1 aromatic carbocycles. The average molecular weight is 282 g/mol. The number of halogens is 1. The molecule has 19 heavy (non-hydrogen) atoms. The van der Waals surface area contributed by atoms with Crippen LogP contribution in [-0.2, 0) is 0 Å². The van der Waals surface area contributed by atoms with E-state index >= 15 is 0 Å². The van der Waals surface area contributed by atoms with Crippen LogP contribution < -0.4 is 15.0 Å². The lowest BCUT2D eigenvalue weighted by Crippen LogP contribution is -2.27. The molecule has 0 atom stereocenters. The molecule has 6 heteroatoms. The Bertz CT molecular complexity index is 577. The minimum atomic E-state index is 0.599. The highest BCUT2D eigenvalue weighted by atomic mass is 35.5. The van der Waals surface area contributed by atoms with E-state index in [9.17, 15) is 0 Å². The molecule has 0 unspecified atom stereocenters. The van der Waals surface area contributed by atoms with Gasteiger partial charge < -0.3 is 19.4 Å². The Morgan fingerprint density at radius 1 is 1.37 bits per heavy atom. The number of rotatable bonds is 2. The molecule has 102 valence electrons. The van der Waals surface area contributed by atoms with Crippen molar-refractivity contribution < 1.29 is 9.15 Å². The summed E-state index contributed by atoms with van der Waals surface area (Å²) in [6.45, 7) is 3.81. The van der Waals surface area contributed by atoms with Crippen LogP contribution in [0.25, 0.3) is 11.1 Å². The summed E-state index contributed by atoms with van der Waals surface area (Å²) in [5.74, 6) is 0.620. The molecule has 1 fully saturated rings. The van der Waals surface area contributed by atoms with E-state index in [2.05, 4.69) is 15.2 Å². The largest absolute Gasteiger partial charge is 0.493 e. The molecule has 1 aliphatic heterocycles. The zero-order valence-electron chi connectivity index (χ0n) is 10.8. The topological polar surface area (TPSA) is 50.5 Å². The van der Waals surface area contributed by atoms with Gasteiger partial charge >= 0.3 is 0 Å². The highest BCUT2D eigenvalue weighted by Crippen LogP contribution is 2.32. The maximum absolute atomic E-state index is 6.04. The molecule has 2 aromatic rings. The number of hydrogen-bond acceptors (Lipinski definition) is 5. The van der Waals surface area contributed by atoms with E-state index < -0.39 is 0 Å². The summed E-state index contributed by atoms with van der Waals surface area (Å²) in [5.41, 5.74) is 1.38. The molecule has 0 spiro atoms. The van der Waals surface area contributed by atoms with Crippen LogP contribution in [0, 0.1) is 0 Å². The zero-order valence-corrected chi connectivity index (χ0v) is 11.5. The maximum Gasteiger partial charge on any atom is 0.298 e. The van der Waals surface area contributed by atoms with Crippen LogP contribution in [0.1, 0.15) is 6.42 Å². The molecular formula is C13H16ClN3O2. The van der Waals surface area contributed by atoms with Crippen LogP contribution in [0.4, 0.5) is 6.01 Å². The number of ether oxygens (including phenoxy) is 1. The van der Waals surface area contributed by atoms with Crippen LogP contribution in [0.5, 0.6) is 5.75 Å². The molecule has 0 amide bonds. The van der Waals surface area contributed by atoms with Gasteiger partial charge in [-0.25, -0.2) is 0 Å². The van der Waals surface area contributed by atoms with E-state index in [1.807, 2.05) is 0 Å². The van der Waals surface area contributed by atoms with Crippen molar-refractivity contribution in [2.24, 2.45) is 0 Å². The molecule has 3 rings (SSSR count). The summed E-state index contributed by atoms with van der Waals surface area (Å²) in [5, 5.41) is 3.95. The number of benzene rings is 1. The van der Waals surface area contributed by atoms with Crippen molar-refractivity contribution in [1.29, 1.82) is 0 Å². The van der Waals surface area contributed by atoms with Crippen molar-refractivity contribution in [3.63, 3.8) is 0 Å². The lowest BCUT2D eigenvalue weighted by atomic mass is 10.3. The van der Waals surface area contributed by atoms with Crippen molar-refractivity contribution in [2.75, 3.05) is 38.2 Å². The molecule has 1 aromatic heterocycles. The Balaban J connectivity index is 2.00. The van der Waals surface area contributed by atoms with Crippen molar-refractivity contribution in [1.82, 2.24) is 10.3 Å². The van der Waals surface area contributed by atoms with Gasteiger partial charge in [0.1, 0.15) is 5.52 Å². The number of oxazole rings is 1. The third-order valence-electron chi connectivity index (χ3n) is 3.24. The van der Waals surface area contributed by atoms with E-state index in [-0.39, 0.29) is 0 Å². The predicted molar refractivity (Wildman–Crippen MR) is 75.3 cm³/mol. The van der Waals surface area contributed by atoms with Gasteiger partial charge in [0, 0.05) is 30.7 Å². The Morgan fingerprint density at radius 3 is 3.11 bits per heavy atom. The smallest absolute Gasteiger partial charge is 0.298 e. The number of fused-ring (bicyclic) bond motifs is 1. The van der Waals surface area contributed by atoms with Gasteiger partial charge in [-0.3, -0.25) is 0 Å². The fraction of sp³-hybridized carbons (Fsp3) is 0.462. The lowest BCUT2D eigenvalue weighted by Gasteiger charge is -2.16. The fourth-order valence-electron chi connectivity index (χ4n) is 2.28. The van der Waals surface area contributed by atoms with Crippen molar-refractivity contribution in [2.45, 2.75) is 6.42 Å². The molecule has 0 radical (unpaired) electrons. The molecule has 1 aliphatic rings. The molecule has 0 saturated carbocycles. The second kappa shape index (κ2) is 5.27. The first-order chi connectivity index (χ1) is 9.28. The lowest BCUT2D eigenvalue weighted by molar-refractivity contribution is 0.410. The molecule has 0 aliphatic carbocycles. The molecule has 2 heterocycles. The first-order valence-electron chi connectivity index (χ1n) is 6.37. The highest BCUT2D eigenvalue weighted by molar-refractivity contribution is 6.31. The zero-order chi connectivity index (χ0) is 13.2. The normalized spacial score (nSPS) is 16.6. The summed E-state index contributed by atoms with van der Waals surface area (Å²) < 4.78 is 11.1. The van der Waals surface area contributed by atoms with Crippen LogP contribution in [-0.4, -0.2) is 38.3 Å². The minimum Gasteiger partial charge on any atom is -0.493 e. The van der Waals surface area contributed by atoms with Gasteiger partial charge in [-0.1, -0.05) is 11.6 Å². The molecular weight excluding hydrogens is 266 g/mol. The summed E-state index contributed by atoms with van der Waals surface area (Å²) in [6, 6.07) is 4.17. The Morgan fingerprint density at radius 2 is 2.26 bits per heavy atom. The van der Waals surface area contributed by atoms with E-state index in [4.69, 9.17) is 20.8 Å². The summed E-state index contributed by atoms with van der Waals surface area (Å²) in [7, 11) is 1.60. The van der Waals surface area contributed by atoms with Gasteiger partial charge in [0.25, 0.3) is 6.01 Å². The Kier molecular flexibility index (Phi) is 3.48. The Labute approximate surface area is 116 Å². The molecule has 1 saturated heterocycles. The average Bonchev–Trinajstić information content (AvgIpc) is 2.65. The SMILES string of the molecule is COc1cc(Cl)cc2nc(N3CCCNCC3)oc12. The highest BCUT2D eigenvalue weighted by Gasteiger charge is 2.18. The second-order valence-electron chi connectivity index (χ2n) is 4.54. The van der Waals surface area contributed by atoms with Gasteiger partial charge in [0.15, 0.2) is 11.3 Å². The molecule has 5 nitrogen and oxygen atoms in total. The second-order valence-corrected chi connectivity index (χ2v) is 4.98. The van der Waals surface area contributed by atoms with Crippen molar-refractivity contribution in [3.8, 4) is 5.75 Å². The van der Waals surface area contributed by atoms with Crippen LogP contribution in [0.3, 0.4) is 0 Å². The number of aromatic nitrogens is 1. The van der Waals surface area contributed by atoms with Gasteiger partial charge in [-0.2, -0.15) is 4.98 Å². The van der Waals surface area contributed by atoms with Crippen LogP contribution >= 0.6 is 11.6 Å². The first-order valence-corrected chi connectivity index (χ1v) is 6.75. The summed E-state index contributed by atoms with van der Waals surface area (Å²) in [4.78, 5) is 6.66. The number of nitrogens with one attached hydrogen (secondary N) is 1. The van der Waals surface area contributed by atoms with Crippen LogP contribution in [0.2, 0.25) is 5.02 Å². The van der Waals surface area contributed by atoms with Crippen molar-refractivity contribution in [3.05, 3.63) is 17.2 Å². The first kappa shape index (κ1) is 12.6. The maximum atomic E-state index is 6.04.